The van der Waals surface area contributed by atoms with E-state index in [9.17, 15) is 4.79 Å². The van der Waals surface area contributed by atoms with Crippen molar-refractivity contribution in [3.63, 3.8) is 0 Å². The molecule has 3 nitrogen and oxygen atoms in total. The molecular weight excluding hydrogens is 238 g/mol. The summed E-state index contributed by atoms with van der Waals surface area (Å²) in [5.41, 5.74) is 0.582. The lowest BCUT2D eigenvalue weighted by Gasteiger charge is -2.29. The molecule has 0 radical (unpaired) electrons. The number of anilines is 1. The summed E-state index contributed by atoms with van der Waals surface area (Å²) in [5.74, 6) is 1.92. The van der Waals surface area contributed by atoms with Crippen molar-refractivity contribution in [2.24, 2.45) is 17.3 Å². The lowest BCUT2D eigenvalue weighted by molar-refractivity contribution is -0.126. The summed E-state index contributed by atoms with van der Waals surface area (Å²) < 4.78 is 5.11. The lowest BCUT2D eigenvalue weighted by atomic mass is 9.77. The number of fused-ring (bicyclic) bond motifs is 2. The maximum Gasteiger partial charge on any atom is 0.230 e. The first-order valence-corrected chi connectivity index (χ1v) is 6.75. The van der Waals surface area contributed by atoms with Crippen LogP contribution in [0.4, 0.5) is 5.69 Å². The first-order valence-electron chi connectivity index (χ1n) is 6.75. The van der Waals surface area contributed by atoms with Gasteiger partial charge >= 0.3 is 0 Å². The van der Waals surface area contributed by atoms with E-state index < -0.39 is 0 Å². The van der Waals surface area contributed by atoms with Gasteiger partial charge in [-0.1, -0.05) is 19.1 Å². The second-order valence-corrected chi connectivity index (χ2v) is 5.79. The van der Waals surface area contributed by atoms with Crippen LogP contribution in [0.25, 0.3) is 0 Å². The Hall–Kier alpha value is -1.77. The summed E-state index contributed by atoms with van der Waals surface area (Å²) in [6, 6.07) is 7.48. The van der Waals surface area contributed by atoms with E-state index in [1.54, 1.807) is 7.11 Å². The second kappa shape index (κ2) is 4.41. The number of carbonyl (C=O) groups excluding carboxylic acids is 1. The van der Waals surface area contributed by atoms with Crippen molar-refractivity contribution in [2.45, 2.75) is 19.8 Å². The molecule has 0 heterocycles. The van der Waals surface area contributed by atoms with Crippen LogP contribution in [0, 0.1) is 17.3 Å². The molecule has 1 N–H and O–H groups in total. The molecule has 2 aliphatic rings. The zero-order valence-corrected chi connectivity index (χ0v) is 11.3. The lowest BCUT2D eigenvalue weighted by Crippen LogP contribution is -2.36. The fourth-order valence-corrected chi connectivity index (χ4v) is 3.30. The Morgan fingerprint density at radius 2 is 2.05 bits per heavy atom. The van der Waals surface area contributed by atoms with Crippen molar-refractivity contribution in [3.8, 4) is 5.75 Å². The maximum absolute atomic E-state index is 12.5. The van der Waals surface area contributed by atoms with Gasteiger partial charge in [-0.15, -0.1) is 0 Å². The molecule has 0 spiro atoms. The minimum atomic E-state index is -0.251. The largest absolute Gasteiger partial charge is 0.497 e. The fraction of sp³-hybridized carbons (Fsp3) is 0.438. The number of benzene rings is 1. The van der Waals surface area contributed by atoms with Gasteiger partial charge in [0.15, 0.2) is 0 Å². The number of ether oxygens (including phenoxy) is 1. The van der Waals surface area contributed by atoms with Gasteiger partial charge in [0.05, 0.1) is 12.5 Å². The number of hydrogen-bond donors (Lipinski definition) is 1. The Morgan fingerprint density at radius 3 is 2.58 bits per heavy atom. The van der Waals surface area contributed by atoms with E-state index in [-0.39, 0.29) is 11.3 Å². The third-order valence-electron chi connectivity index (χ3n) is 4.54. The van der Waals surface area contributed by atoms with E-state index >= 15 is 0 Å². The van der Waals surface area contributed by atoms with Crippen LogP contribution in [-0.4, -0.2) is 13.0 Å². The Labute approximate surface area is 113 Å². The minimum Gasteiger partial charge on any atom is -0.497 e. The number of carbonyl (C=O) groups is 1. The highest BCUT2D eigenvalue weighted by Crippen LogP contribution is 2.52. The van der Waals surface area contributed by atoms with E-state index in [1.807, 2.05) is 24.3 Å². The quantitative estimate of drug-likeness (QED) is 0.844. The van der Waals surface area contributed by atoms with Crippen molar-refractivity contribution in [2.75, 3.05) is 12.4 Å². The van der Waals surface area contributed by atoms with Crippen molar-refractivity contribution >= 4 is 11.6 Å². The molecule has 3 rings (SSSR count). The second-order valence-electron chi connectivity index (χ2n) is 5.79. The SMILES string of the molecule is COc1ccc(NC(=O)C2(C)CC3C=CC2C3)cc1. The molecule has 3 unspecified atom stereocenters. The summed E-state index contributed by atoms with van der Waals surface area (Å²) in [7, 11) is 1.64. The predicted molar refractivity (Wildman–Crippen MR) is 75.1 cm³/mol. The van der Waals surface area contributed by atoms with Crippen LogP contribution >= 0.6 is 0 Å². The molecule has 0 aliphatic heterocycles. The Kier molecular flexibility index (Phi) is 2.85. The molecule has 3 atom stereocenters. The monoisotopic (exact) mass is 257 g/mol. The van der Waals surface area contributed by atoms with Crippen LogP contribution in [0.5, 0.6) is 5.75 Å². The Morgan fingerprint density at radius 1 is 1.32 bits per heavy atom. The number of hydrogen-bond acceptors (Lipinski definition) is 2. The first kappa shape index (κ1) is 12.3. The average molecular weight is 257 g/mol. The van der Waals surface area contributed by atoms with Gasteiger partial charge in [0, 0.05) is 5.69 Å². The van der Waals surface area contributed by atoms with Gasteiger partial charge in [-0.05, 0) is 48.9 Å². The fourth-order valence-electron chi connectivity index (χ4n) is 3.30. The molecule has 2 bridgehead atoms. The molecule has 100 valence electrons. The molecule has 1 aromatic carbocycles. The van der Waals surface area contributed by atoms with Crippen LogP contribution in [0.3, 0.4) is 0 Å². The highest BCUT2D eigenvalue weighted by molar-refractivity contribution is 5.96. The molecule has 1 saturated carbocycles. The summed E-state index contributed by atoms with van der Waals surface area (Å²) in [4.78, 5) is 12.5. The number of amides is 1. The molecular formula is C16H19NO2. The van der Waals surface area contributed by atoms with Crippen LogP contribution in [0.15, 0.2) is 36.4 Å². The number of allylic oxidation sites excluding steroid dienone is 2. The van der Waals surface area contributed by atoms with Crippen molar-refractivity contribution in [1.29, 1.82) is 0 Å². The number of methoxy groups -OCH3 is 1. The van der Waals surface area contributed by atoms with Crippen LogP contribution in [-0.2, 0) is 4.79 Å². The molecule has 0 saturated heterocycles. The molecule has 2 aliphatic carbocycles. The molecule has 1 amide bonds. The predicted octanol–water partition coefficient (Wildman–Crippen LogP) is 3.24. The smallest absolute Gasteiger partial charge is 0.230 e. The van der Waals surface area contributed by atoms with Gasteiger partial charge < -0.3 is 10.1 Å². The van der Waals surface area contributed by atoms with E-state index in [4.69, 9.17) is 4.74 Å². The third-order valence-corrected chi connectivity index (χ3v) is 4.54. The maximum atomic E-state index is 12.5. The van der Waals surface area contributed by atoms with Crippen molar-refractivity contribution in [3.05, 3.63) is 36.4 Å². The topological polar surface area (TPSA) is 38.3 Å². The van der Waals surface area contributed by atoms with Gasteiger partial charge in [0.1, 0.15) is 5.75 Å². The first-order chi connectivity index (χ1) is 9.11. The van der Waals surface area contributed by atoms with E-state index in [1.165, 1.54) is 0 Å². The van der Waals surface area contributed by atoms with Gasteiger partial charge in [0.2, 0.25) is 5.91 Å². The molecule has 19 heavy (non-hydrogen) atoms. The number of rotatable bonds is 3. The van der Waals surface area contributed by atoms with E-state index in [0.29, 0.717) is 11.8 Å². The van der Waals surface area contributed by atoms with Gasteiger partial charge in [-0.3, -0.25) is 4.79 Å². The van der Waals surface area contributed by atoms with E-state index in [0.717, 1.165) is 24.3 Å². The van der Waals surface area contributed by atoms with Crippen molar-refractivity contribution in [1.82, 2.24) is 0 Å². The van der Waals surface area contributed by atoms with Crippen LogP contribution < -0.4 is 10.1 Å². The normalized spacial score (nSPS) is 31.5. The number of nitrogens with one attached hydrogen (secondary N) is 1. The molecule has 3 heteroatoms. The summed E-state index contributed by atoms with van der Waals surface area (Å²) in [6.07, 6.45) is 6.57. The van der Waals surface area contributed by atoms with Crippen LogP contribution in [0.1, 0.15) is 19.8 Å². The van der Waals surface area contributed by atoms with Gasteiger partial charge in [-0.2, -0.15) is 0 Å². The van der Waals surface area contributed by atoms with Gasteiger partial charge in [-0.25, -0.2) is 0 Å². The van der Waals surface area contributed by atoms with Crippen LogP contribution in [0.2, 0.25) is 0 Å². The highest BCUT2D eigenvalue weighted by Gasteiger charge is 2.49. The minimum absolute atomic E-state index is 0.134. The Bertz CT molecular complexity index is 520. The summed E-state index contributed by atoms with van der Waals surface area (Å²) >= 11 is 0. The molecule has 1 fully saturated rings. The standard InChI is InChI=1S/C16H19NO2/c1-16(10-11-3-4-12(16)9-11)15(18)17-13-5-7-14(19-2)8-6-13/h3-8,11-12H,9-10H2,1-2H3,(H,17,18). The summed E-state index contributed by atoms with van der Waals surface area (Å²) in [5, 5.41) is 3.03. The average Bonchev–Trinajstić information content (AvgIpc) is 3.00. The molecule has 0 aromatic heterocycles. The van der Waals surface area contributed by atoms with E-state index in [2.05, 4.69) is 24.4 Å². The molecule has 1 aromatic rings. The Balaban J connectivity index is 1.72. The van der Waals surface area contributed by atoms with Crippen molar-refractivity contribution < 1.29 is 9.53 Å². The zero-order valence-electron chi connectivity index (χ0n) is 11.3. The third kappa shape index (κ3) is 2.03. The summed E-state index contributed by atoms with van der Waals surface area (Å²) in [6.45, 7) is 2.08. The van der Waals surface area contributed by atoms with Gasteiger partial charge in [0.25, 0.3) is 0 Å². The highest BCUT2D eigenvalue weighted by atomic mass is 16.5. The zero-order chi connectivity index (χ0) is 13.5.